The third-order valence-electron chi connectivity index (χ3n) is 6.90. The minimum Gasteiger partial charge on any atom is -0.507 e. The Hall–Kier alpha value is -5.07. The van der Waals surface area contributed by atoms with Gasteiger partial charge in [0, 0.05) is 11.3 Å². The first-order valence-electron chi connectivity index (χ1n) is 13.5. The number of anilines is 1. The van der Waals surface area contributed by atoms with Crippen molar-refractivity contribution in [3.63, 3.8) is 0 Å². The molecule has 4 aromatic carbocycles. The van der Waals surface area contributed by atoms with E-state index < -0.39 is 29.3 Å². The van der Waals surface area contributed by atoms with Gasteiger partial charge in [0.25, 0.3) is 5.78 Å². The molecule has 1 aliphatic rings. The maximum atomic E-state index is 14.6. The summed E-state index contributed by atoms with van der Waals surface area (Å²) in [5.74, 6) is -2.14. The SMILES string of the molecule is COc1ccc(C(O)=C2C(=O)C(=O)N(c3nnc(SCc4ccc(F)cc4)s3)[C@@H]2c2cccc(Oc3ccccc3)c2)cc1F. The van der Waals surface area contributed by atoms with Gasteiger partial charge in [0.2, 0.25) is 5.13 Å². The van der Waals surface area contributed by atoms with Gasteiger partial charge in [0.1, 0.15) is 23.1 Å². The Morgan fingerprint density at radius 3 is 2.42 bits per heavy atom. The average Bonchev–Trinajstić information content (AvgIpc) is 3.62. The molecule has 1 aromatic heterocycles. The maximum absolute atomic E-state index is 14.6. The van der Waals surface area contributed by atoms with E-state index in [0.717, 1.165) is 23.0 Å². The lowest BCUT2D eigenvalue weighted by Gasteiger charge is -2.23. The normalized spacial score (nSPS) is 15.8. The van der Waals surface area contributed by atoms with Gasteiger partial charge in [-0.1, -0.05) is 65.6 Å². The molecule has 0 aliphatic carbocycles. The molecule has 5 aromatic rings. The molecule has 1 saturated heterocycles. The molecule has 1 amide bonds. The molecule has 0 saturated carbocycles. The minimum absolute atomic E-state index is 0.0132. The highest BCUT2D eigenvalue weighted by atomic mass is 32.2. The van der Waals surface area contributed by atoms with Crippen molar-refractivity contribution in [2.75, 3.05) is 12.0 Å². The van der Waals surface area contributed by atoms with E-state index in [9.17, 15) is 23.5 Å². The maximum Gasteiger partial charge on any atom is 0.301 e. The first kappa shape index (κ1) is 30.0. The molecular formula is C33H23F2N3O5S2. The van der Waals surface area contributed by atoms with Crippen LogP contribution in [0.5, 0.6) is 17.2 Å². The number of rotatable bonds is 9. The third-order valence-corrected chi connectivity index (χ3v) is 9.03. The topological polar surface area (TPSA) is 102 Å². The fourth-order valence-corrected chi connectivity index (χ4v) is 6.59. The zero-order valence-corrected chi connectivity index (χ0v) is 25.1. The van der Waals surface area contributed by atoms with E-state index in [1.54, 1.807) is 48.5 Å². The van der Waals surface area contributed by atoms with Crippen molar-refractivity contribution in [3.8, 4) is 17.2 Å². The van der Waals surface area contributed by atoms with E-state index >= 15 is 0 Å². The second kappa shape index (κ2) is 12.9. The molecule has 1 aliphatic heterocycles. The Morgan fingerprint density at radius 2 is 1.69 bits per heavy atom. The zero-order valence-electron chi connectivity index (χ0n) is 23.5. The van der Waals surface area contributed by atoms with E-state index in [0.29, 0.717) is 27.2 Å². The van der Waals surface area contributed by atoms with Gasteiger partial charge in [-0.15, -0.1) is 10.2 Å². The van der Waals surface area contributed by atoms with Crippen molar-refractivity contribution < 1.29 is 33.0 Å². The quantitative estimate of drug-likeness (QED) is 0.0578. The van der Waals surface area contributed by atoms with Crippen LogP contribution in [0.1, 0.15) is 22.7 Å². The molecule has 0 spiro atoms. The van der Waals surface area contributed by atoms with E-state index in [2.05, 4.69) is 10.2 Å². The predicted molar refractivity (Wildman–Crippen MR) is 167 cm³/mol. The van der Waals surface area contributed by atoms with Gasteiger partial charge in [-0.2, -0.15) is 0 Å². The molecule has 6 rings (SSSR count). The number of halogens is 2. The van der Waals surface area contributed by atoms with Crippen molar-refractivity contribution in [2.45, 2.75) is 16.1 Å². The number of Topliss-reactive ketones (excluding diaryl/α,β-unsaturated/α-hetero) is 1. The number of para-hydroxylation sites is 1. The summed E-state index contributed by atoms with van der Waals surface area (Å²) in [6.07, 6.45) is 0. The zero-order chi connectivity index (χ0) is 31.5. The van der Waals surface area contributed by atoms with Crippen LogP contribution >= 0.6 is 23.1 Å². The number of hydrogen-bond acceptors (Lipinski definition) is 9. The second-order valence-electron chi connectivity index (χ2n) is 9.77. The lowest BCUT2D eigenvalue weighted by atomic mass is 9.95. The molecule has 45 heavy (non-hydrogen) atoms. The Morgan fingerprint density at radius 1 is 0.933 bits per heavy atom. The predicted octanol–water partition coefficient (Wildman–Crippen LogP) is 7.54. The van der Waals surface area contributed by atoms with E-state index in [-0.39, 0.29) is 27.8 Å². The number of aromatic nitrogens is 2. The van der Waals surface area contributed by atoms with E-state index in [1.807, 2.05) is 18.2 Å². The Balaban J connectivity index is 1.40. The molecule has 1 N–H and O–H groups in total. The van der Waals surface area contributed by atoms with Gasteiger partial charge >= 0.3 is 5.91 Å². The summed E-state index contributed by atoms with van der Waals surface area (Å²) in [4.78, 5) is 28.4. The monoisotopic (exact) mass is 643 g/mol. The Kier molecular flexibility index (Phi) is 8.58. The summed E-state index contributed by atoms with van der Waals surface area (Å²) in [5, 5.41) is 19.9. The van der Waals surface area contributed by atoms with Crippen LogP contribution in [0, 0.1) is 11.6 Å². The summed E-state index contributed by atoms with van der Waals surface area (Å²) >= 11 is 2.42. The number of carbonyl (C=O) groups excluding carboxylic acids is 2. The number of aliphatic hydroxyl groups is 1. The number of ketones is 1. The number of aliphatic hydroxyl groups excluding tert-OH is 1. The molecule has 226 valence electrons. The first-order valence-corrected chi connectivity index (χ1v) is 15.3. The van der Waals surface area contributed by atoms with Crippen molar-refractivity contribution in [1.82, 2.24) is 10.2 Å². The van der Waals surface area contributed by atoms with Gasteiger partial charge in [-0.05, 0) is 65.7 Å². The fourth-order valence-electron chi connectivity index (χ4n) is 4.77. The van der Waals surface area contributed by atoms with Crippen LogP contribution in [-0.4, -0.2) is 34.1 Å². The molecular weight excluding hydrogens is 621 g/mol. The Bertz CT molecular complexity index is 1920. The lowest BCUT2D eigenvalue weighted by molar-refractivity contribution is -0.132. The number of nitrogens with zero attached hydrogens (tertiary/aromatic N) is 3. The number of amides is 1. The highest BCUT2D eigenvalue weighted by molar-refractivity contribution is 8.00. The van der Waals surface area contributed by atoms with E-state index in [4.69, 9.17) is 9.47 Å². The molecule has 12 heteroatoms. The molecule has 1 fully saturated rings. The van der Waals surface area contributed by atoms with Gasteiger partial charge in [0.15, 0.2) is 15.9 Å². The Labute approximate surface area is 264 Å². The average molecular weight is 644 g/mol. The molecule has 0 unspecified atom stereocenters. The van der Waals surface area contributed by atoms with Crippen LogP contribution in [0.15, 0.2) is 107 Å². The summed E-state index contributed by atoms with van der Waals surface area (Å²) in [7, 11) is 1.31. The van der Waals surface area contributed by atoms with Crippen LogP contribution in [0.25, 0.3) is 5.76 Å². The van der Waals surface area contributed by atoms with Gasteiger partial charge in [-0.3, -0.25) is 14.5 Å². The van der Waals surface area contributed by atoms with Crippen LogP contribution < -0.4 is 14.4 Å². The summed E-state index contributed by atoms with van der Waals surface area (Å²) in [6.45, 7) is 0. The highest BCUT2D eigenvalue weighted by Crippen LogP contribution is 2.45. The number of hydrogen-bond donors (Lipinski definition) is 1. The van der Waals surface area contributed by atoms with Crippen molar-refractivity contribution in [2.24, 2.45) is 0 Å². The number of carbonyl (C=O) groups is 2. The largest absolute Gasteiger partial charge is 0.507 e. The van der Waals surface area contributed by atoms with Crippen LogP contribution in [0.3, 0.4) is 0 Å². The number of thioether (sulfide) groups is 1. The number of methoxy groups -OCH3 is 1. The number of benzene rings is 4. The van der Waals surface area contributed by atoms with Crippen LogP contribution in [0.2, 0.25) is 0 Å². The van der Waals surface area contributed by atoms with Gasteiger partial charge in [0.05, 0.1) is 18.7 Å². The second-order valence-corrected chi connectivity index (χ2v) is 12.0. The first-order chi connectivity index (χ1) is 21.8. The molecule has 2 heterocycles. The molecule has 0 radical (unpaired) electrons. The summed E-state index contributed by atoms with van der Waals surface area (Å²) in [5.41, 5.74) is 1.03. The van der Waals surface area contributed by atoms with Crippen molar-refractivity contribution in [3.05, 3.63) is 131 Å². The van der Waals surface area contributed by atoms with Crippen molar-refractivity contribution in [1.29, 1.82) is 0 Å². The van der Waals surface area contributed by atoms with Gasteiger partial charge < -0.3 is 14.6 Å². The standard InChI is InChI=1S/C33H23F2N3O5S2/c1-42-26-15-12-21(17-25(26)35)29(39)27-28(20-6-5-9-24(16-20)43-23-7-3-2-4-8-23)38(31(41)30(27)40)32-36-37-33(45-32)44-18-19-10-13-22(34)14-11-19/h2-17,28,39H,18H2,1H3/t28-/m1/s1. The smallest absolute Gasteiger partial charge is 0.301 e. The summed E-state index contributed by atoms with van der Waals surface area (Å²) in [6, 6.07) is 24.5. The minimum atomic E-state index is -1.14. The van der Waals surface area contributed by atoms with Crippen molar-refractivity contribution >= 4 is 45.7 Å². The third kappa shape index (κ3) is 6.28. The van der Waals surface area contributed by atoms with Gasteiger partial charge in [-0.25, -0.2) is 8.78 Å². The lowest BCUT2D eigenvalue weighted by Crippen LogP contribution is -2.29. The molecule has 8 nitrogen and oxygen atoms in total. The molecule has 0 bridgehead atoms. The number of ether oxygens (including phenoxy) is 2. The van der Waals surface area contributed by atoms with E-state index in [1.165, 1.54) is 48.0 Å². The molecule has 1 atom stereocenters. The highest BCUT2D eigenvalue weighted by Gasteiger charge is 2.48. The van der Waals surface area contributed by atoms with Crippen LogP contribution in [-0.2, 0) is 15.3 Å². The fraction of sp³-hybridized carbons (Fsp3) is 0.0909. The van der Waals surface area contributed by atoms with Crippen LogP contribution in [0.4, 0.5) is 13.9 Å². The summed E-state index contributed by atoms with van der Waals surface area (Å²) < 4.78 is 39.4.